The molecule has 1 atom stereocenters. The van der Waals surface area contributed by atoms with Gasteiger partial charge in [-0.1, -0.05) is 26.2 Å². The van der Waals surface area contributed by atoms with Crippen LogP contribution in [0.15, 0.2) is 0 Å². The van der Waals surface area contributed by atoms with Gasteiger partial charge in [-0.05, 0) is 39.0 Å². The summed E-state index contributed by atoms with van der Waals surface area (Å²) < 4.78 is 2.00. The Morgan fingerprint density at radius 1 is 1.32 bits per heavy atom. The van der Waals surface area contributed by atoms with Crippen molar-refractivity contribution in [1.29, 1.82) is 0 Å². The summed E-state index contributed by atoms with van der Waals surface area (Å²) in [4.78, 5) is 0. The Kier molecular flexibility index (Phi) is 4.72. The van der Waals surface area contributed by atoms with E-state index in [1.165, 1.54) is 32.1 Å². The Morgan fingerprint density at radius 3 is 2.58 bits per heavy atom. The predicted octanol–water partition coefficient (Wildman–Crippen LogP) is 3.56. The van der Waals surface area contributed by atoms with Crippen molar-refractivity contribution in [3.05, 3.63) is 5.69 Å². The van der Waals surface area contributed by atoms with Crippen LogP contribution in [0.2, 0.25) is 0 Å². The molecule has 1 saturated carbocycles. The number of rotatable bonds is 5. The third kappa shape index (κ3) is 3.04. The molecule has 3 N–H and O–H groups in total. The minimum atomic E-state index is 0.531. The highest BCUT2D eigenvalue weighted by Gasteiger charge is 2.24. The molecule has 0 aliphatic heterocycles. The van der Waals surface area contributed by atoms with Crippen molar-refractivity contribution >= 4 is 11.5 Å². The van der Waals surface area contributed by atoms with E-state index in [-0.39, 0.29) is 0 Å². The van der Waals surface area contributed by atoms with Crippen LogP contribution in [0, 0.1) is 12.8 Å². The van der Waals surface area contributed by atoms with Crippen molar-refractivity contribution in [1.82, 2.24) is 9.78 Å². The molecule has 0 bridgehead atoms. The highest BCUT2D eigenvalue weighted by Crippen LogP contribution is 2.31. The highest BCUT2D eigenvalue weighted by atomic mass is 15.3. The Labute approximate surface area is 116 Å². The van der Waals surface area contributed by atoms with E-state index in [9.17, 15) is 0 Å². The van der Waals surface area contributed by atoms with E-state index in [2.05, 4.69) is 24.3 Å². The molecule has 1 aliphatic rings. The smallest absolute Gasteiger partial charge is 0.148 e. The van der Waals surface area contributed by atoms with Crippen molar-refractivity contribution in [3.63, 3.8) is 0 Å². The molecule has 2 rings (SSSR count). The molecule has 4 nitrogen and oxygen atoms in total. The predicted molar refractivity (Wildman–Crippen MR) is 81.3 cm³/mol. The second-order valence-corrected chi connectivity index (χ2v) is 5.72. The van der Waals surface area contributed by atoms with Crippen LogP contribution in [0.25, 0.3) is 0 Å². The van der Waals surface area contributed by atoms with Gasteiger partial charge in [0.2, 0.25) is 0 Å². The van der Waals surface area contributed by atoms with Crippen LogP contribution in [-0.4, -0.2) is 15.8 Å². The molecular formula is C15H28N4. The van der Waals surface area contributed by atoms with Gasteiger partial charge < -0.3 is 11.1 Å². The number of aromatic nitrogens is 2. The Bertz CT molecular complexity index is 405. The summed E-state index contributed by atoms with van der Waals surface area (Å²) in [6.45, 7) is 7.22. The van der Waals surface area contributed by atoms with Crippen LogP contribution < -0.4 is 11.1 Å². The molecule has 0 amide bonds. The first-order chi connectivity index (χ1) is 9.17. The number of aryl methyl sites for hydroxylation is 2. The first kappa shape index (κ1) is 14.2. The molecule has 1 fully saturated rings. The molecule has 19 heavy (non-hydrogen) atoms. The summed E-state index contributed by atoms with van der Waals surface area (Å²) in [5.74, 6) is 1.82. The van der Waals surface area contributed by atoms with E-state index < -0.39 is 0 Å². The lowest BCUT2D eigenvalue weighted by Crippen LogP contribution is -2.31. The summed E-state index contributed by atoms with van der Waals surface area (Å²) >= 11 is 0. The van der Waals surface area contributed by atoms with Crippen molar-refractivity contribution in [2.24, 2.45) is 5.92 Å². The van der Waals surface area contributed by atoms with Crippen LogP contribution in [-0.2, 0) is 6.54 Å². The molecule has 0 saturated heterocycles. The van der Waals surface area contributed by atoms with Gasteiger partial charge in [-0.3, -0.25) is 0 Å². The molecule has 1 heterocycles. The van der Waals surface area contributed by atoms with Crippen molar-refractivity contribution in [2.75, 3.05) is 11.1 Å². The zero-order valence-electron chi connectivity index (χ0n) is 12.6. The molecular weight excluding hydrogens is 236 g/mol. The monoisotopic (exact) mass is 264 g/mol. The summed E-state index contributed by atoms with van der Waals surface area (Å²) in [6, 6.07) is 0.531. The van der Waals surface area contributed by atoms with E-state index >= 15 is 0 Å². The van der Waals surface area contributed by atoms with Crippen LogP contribution in [0.5, 0.6) is 0 Å². The summed E-state index contributed by atoms with van der Waals surface area (Å²) in [5.41, 5.74) is 7.91. The van der Waals surface area contributed by atoms with E-state index in [1.54, 1.807) is 0 Å². The topological polar surface area (TPSA) is 55.9 Å². The van der Waals surface area contributed by atoms with E-state index in [0.29, 0.717) is 6.04 Å². The van der Waals surface area contributed by atoms with Crippen LogP contribution >= 0.6 is 0 Å². The van der Waals surface area contributed by atoms with Crippen molar-refractivity contribution < 1.29 is 0 Å². The largest absolute Gasteiger partial charge is 0.394 e. The molecule has 1 aromatic rings. The van der Waals surface area contributed by atoms with Crippen LogP contribution in [0.4, 0.5) is 11.5 Å². The number of nitrogen functional groups attached to an aromatic ring is 1. The zero-order valence-corrected chi connectivity index (χ0v) is 12.6. The summed E-state index contributed by atoms with van der Waals surface area (Å²) in [7, 11) is 0. The number of hydrogen-bond donors (Lipinski definition) is 2. The van der Waals surface area contributed by atoms with Gasteiger partial charge in [0.25, 0.3) is 0 Å². The maximum absolute atomic E-state index is 6.17. The average molecular weight is 264 g/mol. The van der Waals surface area contributed by atoms with Crippen LogP contribution in [0.3, 0.4) is 0 Å². The fourth-order valence-corrected chi connectivity index (χ4v) is 3.24. The molecule has 4 heteroatoms. The van der Waals surface area contributed by atoms with E-state index in [1.807, 2.05) is 11.6 Å². The number of nitrogens with zero attached hydrogens (tertiary/aromatic N) is 2. The van der Waals surface area contributed by atoms with Gasteiger partial charge >= 0.3 is 0 Å². The van der Waals surface area contributed by atoms with E-state index in [0.717, 1.165) is 36.1 Å². The summed E-state index contributed by atoms with van der Waals surface area (Å²) in [6.07, 6.45) is 8.02. The standard InChI is InChI=1S/C15H28N4/c1-4-13(12-9-7-6-8-10-12)17-15-14(16)11(3)18-19(15)5-2/h12-13,17H,4-10,16H2,1-3H3. The van der Waals surface area contributed by atoms with Gasteiger partial charge in [0.1, 0.15) is 5.82 Å². The summed E-state index contributed by atoms with van der Waals surface area (Å²) in [5, 5.41) is 8.17. The first-order valence-electron chi connectivity index (χ1n) is 7.76. The van der Waals surface area contributed by atoms with Gasteiger partial charge in [0.15, 0.2) is 0 Å². The molecule has 108 valence electrons. The van der Waals surface area contributed by atoms with Gasteiger partial charge in [-0.2, -0.15) is 5.10 Å². The number of nitrogens with two attached hydrogens (primary N) is 1. The maximum Gasteiger partial charge on any atom is 0.148 e. The van der Waals surface area contributed by atoms with Gasteiger partial charge in [-0.15, -0.1) is 0 Å². The lowest BCUT2D eigenvalue weighted by molar-refractivity contribution is 0.312. The molecule has 1 aliphatic carbocycles. The lowest BCUT2D eigenvalue weighted by Gasteiger charge is -2.31. The maximum atomic E-state index is 6.17. The van der Waals surface area contributed by atoms with Crippen molar-refractivity contribution in [2.45, 2.75) is 71.9 Å². The SMILES string of the molecule is CCC(Nc1c(N)c(C)nn1CC)C1CCCCC1. The Hall–Kier alpha value is -1.19. The third-order valence-electron chi connectivity index (χ3n) is 4.45. The Morgan fingerprint density at radius 2 is 2.00 bits per heavy atom. The fraction of sp³-hybridized carbons (Fsp3) is 0.800. The molecule has 1 unspecified atom stereocenters. The highest BCUT2D eigenvalue weighted by molar-refractivity contribution is 5.65. The molecule has 0 radical (unpaired) electrons. The number of nitrogens with one attached hydrogen (secondary N) is 1. The second kappa shape index (κ2) is 6.31. The normalized spacial score (nSPS) is 18.5. The number of hydrogen-bond acceptors (Lipinski definition) is 3. The minimum Gasteiger partial charge on any atom is -0.394 e. The first-order valence-corrected chi connectivity index (χ1v) is 7.76. The fourth-order valence-electron chi connectivity index (χ4n) is 3.24. The zero-order chi connectivity index (χ0) is 13.8. The third-order valence-corrected chi connectivity index (χ3v) is 4.45. The van der Waals surface area contributed by atoms with Gasteiger partial charge in [0.05, 0.1) is 11.4 Å². The van der Waals surface area contributed by atoms with Crippen molar-refractivity contribution in [3.8, 4) is 0 Å². The van der Waals surface area contributed by atoms with Crippen LogP contribution in [0.1, 0.15) is 58.1 Å². The van der Waals surface area contributed by atoms with Gasteiger partial charge in [0, 0.05) is 12.6 Å². The minimum absolute atomic E-state index is 0.531. The molecule has 0 aromatic carbocycles. The quantitative estimate of drug-likeness (QED) is 0.855. The number of anilines is 2. The molecule has 0 spiro atoms. The molecule has 1 aromatic heterocycles. The average Bonchev–Trinajstić information content (AvgIpc) is 2.72. The Balaban J connectivity index is 2.13. The lowest BCUT2D eigenvalue weighted by atomic mass is 9.83. The van der Waals surface area contributed by atoms with E-state index in [4.69, 9.17) is 5.73 Å². The van der Waals surface area contributed by atoms with Gasteiger partial charge in [-0.25, -0.2) is 4.68 Å². The second-order valence-electron chi connectivity index (χ2n) is 5.72.